The molecule has 3 rings (SSSR count). The highest BCUT2D eigenvalue weighted by atomic mass is 19.4. The van der Waals surface area contributed by atoms with E-state index in [0.29, 0.717) is 43.6 Å². The minimum absolute atomic E-state index is 0.0373. The third-order valence-corrected chi connectivity index (χ3v) is 7.23. The van der Waals surface area contributed by atoms with Crippen molar-refractivity contribution in [1.29, 1.82) is 0 Å². The quantitative estimate of drug-likeness (QED) is 0.340. The fraction of sp³-hybridized carbons (Fsp3) is 0.533. The standard InChI is InChI=1S/C30H35F7N2O3/c1-27(2,3)42-26(41)39-12-10-19(11-13-39)24(18-6-8-23(31)9-7-18)17-25(40)38-28(4,5)20-14-21(29(32,33)34)16-22(15-20)30(35,36)37/h6-9,14-16,19,24H,10-13,17H2,1-5H3,(H,38,40). The SMILES string of the molecule is CC(C)(C)OC(=O)N1CCC(C(CC(=O)NC(C)(C)c2cc(C(F)(F)F)cc(C(F)(F)F)c2)c2ccc(F)cc2)CC1. The summed E-state index contributed by atoms with van der Waals surface area (Å²) in [6.07, 6.45) is -9.67. The van der Waals surface area contributed by atoms with Gasteiger partial charge in [-0.15, -0.1) is 0 Å². The zero-order valence-electron chi connectivity index (χ0n) is 24.0. The molecule has 0 aromatic heterocycles. The number of nitrogens with one attached hydrogen (secondary N) is 1. The average molecular weight is 605 g/mol. The second kappa shape index (κ2) is 12.1. The summed E-state index contributed by atoms with van der Waals surface area (Å²) in [6, 6.07) is 6.82. The van der Waals surface area contributed by atoms with Crippen LogP contribution < -0.4 is 5.32 Å². The second-order valence-corrected chi connectivity index (χ2v) is 12.1. The van der Waals surface area contributed by atoms with Gasteiger partial charge in [0.2, 0.25) is 5.91 Å². The molecule has 1 fully saturated rings. The summed E-state index contributed by atoms with van der Waals surface area (Å²) < 4.78 is 99.7. The van der Waals surface area contributed by atoms with E-state index >= 15 is 0 Å². The van der Waals surface area contributed by atoms with Gasteiger partial charge in [-0.1, -0.05) is 12.1 Å². The van der Waals surface area contributed by atoms with Crippen LogP contribution in [0.2, 0.25) is 0 Å². The Hall–Kier alpha value is -3.31. The van der Waals surface area contributed by atoms with E-state index in [4.69, 9.17) is 4.74 Å². The van der Waals surface area contributed by atoms with E-state index in [2.05, 4.69) is 5.32 Å². The highest BCUT2D eigenvalue weighted by molar-refractivity contribution is 5.78. The van der Waals surface area contributed by atoms with Crippen molar-refractivity contribution in [2.75, 3.05) is 13.1 Å². The molecule has 1 saturated heterocycles. The summed E-state index contributed by atoms with van der Waals surface area (Å²) in [5.41, 5.74) is -4.92. The van der Waals surface area contributed by atoms with Crippen LogP contribution >= 0.6 is 0 Å². The van der Waals surface area contributed by atoms with Gasteiger partial charge in [0.1, 0.15) is 11.4 Å². The van der Waals surface area contributed by atoms with Gasteiger partial charge in [-0.3, -0.25) is 4.79 Å². The molecule has 2 aromatic carbocycles. The van der Waals surface area contributed by atoms with Crippen molar-refractivity contribution in [1.82, 2.24) is 10.2 Å². The fourth-order valence-electron chi connectivity index (χ4n) is 5.06. The zero-order chi connectivity index (χ0) is 31.7. The number of hydrogen-bond acceptors (Lipinski definition) is 3. The van der Waals surface area contributed by atoms with Crippen molar-refractivity contribution >= 4 is 12.0 Å². The summed E-state index contributed by atoms with van der Waals surface area (Å²) in [7, 11) is 0. The Morgan fingerprint density at radius 2 is 1.33 bits per heavy atom. The number of nitrogens with zero attached hydrogens (tertiary/aromatic N) is 1. The fourth-order valence-corrected chi connectivity index (χ4v) is 5.06. The van der Waals surface area contributed by atoms with Gasteiger partial charge in [-0.05, 0) is 101 Å². The molecule has 0 spiro atoms. The summed E-state index contributed by atoms with van der Waals surface area (Å²) in [6.45, 7) is 8.63. The first kappa shape index (κ1) is 33.2. The molecule has 0 aliphatic carbocycles. The van der Waals surface area contributed by atoms with Crippen molar-refractivity contribution in [2.45, 2.75) is 83.3 Å². The molecule has 1 aliphatic heterocycles. The Kier molecular flexibility index (Phi) is 9.58. The molecule has 1 atom stereocenters. The van der Waals surface area contributed by atoms with Crippen LogP contribution in [-0.4, -0.2) is 35.6 Å². The summed E-state index contributed by atoms with van der Waals surface area (Å²) >= 11 is 0. The summed E-state index contributed by atoms with van der Waals surface area (Å²) in [4.78, 5) is 27.4. The number of piperidine rings is 1. The maximum absolute atomic E-state index is 13.7. The molecule has 0 bridgehead atoms. The van der Waals surface area contributed by atoms with E-state index in [1.807, 2.05) is 0 Å². The molecule has 0 radical (unpaired) electrons. The normalized spacial score (nSPS) is 16.2. The average Bonchev–Trinajstić information content (AvgIpc) is 2.85. The van der Waals surface area contributed by atoms with E-state index in [1.165, 1.54) is 26.0 Å². The molecular weight excluding hydrogens is 569 g/mol. The molecule has 0 saturated carbocycles. The molecular formula is C30H35F7N2O3. The Balaban J connectivity index is 1.82. The predicted octanol–water partition coefficient (Wildman–Crippen LogP) is 8.04. The third kappa shape index (κ3) is 8.84. The van der Waals surface area contributed by atoms with E-state index in [1.54, 1.807) is 37.8 Å². The number of alkyl halides is 6. The van der Waals surface area contributed by atoms with Crippen molar-refractivity contribution in [3.05, 3.63) is 70.5 Å². The van der Waals surface area contributed by atoms with Gasteiger partial charge in [-0.2, -0.15) is 26.3 Å². The number of ether oxygens (including phenoxy) is 1. The molecule has 42 heavy (non-hydrogen) atoms. The van der Waals surface area contributed by atoms with Gasteiger partial charge in [0.25, 0.3) is 0 Å². The minimum atomic E-state index is -5.03. The molecule has 1 N–H and O–H groups in total. The van der Waals surface area contributed by atoms with E-state index < -0.39 is 58.4 Å². The maximum atomic E-state index is 13.7. The van der Waals surface area contributed by atoms with Gasteiger partial charge < -0.3 is 15.0 Å². The number of carbonyl (C=O) groups excluding carboxylic acids is 2. The number of rotatable bonds is 6. The Morgan fingerprint density at radius 1 is 0.857 bits per heavy atom. The largest absolute Gasteiger partial charge is 0.444 e. The first-order chi connectivity index (χ1) is 19.2. The molecule has 2 aromatic rings. The lowest BCUT2D eigenvalue weighted by molar-refractivity contribution is -0.143. The lowest BCUT2D eigenvalue weighted by Crippen LogP contribution is -2.44. The Morgan fingerprint density at radius 3 is 1.79 bits per heavy atom. The summed E-state index contributed by atoms with van der Waals surface area (Å²) in [5.74, 6) is -1.65. The number of likely N-dealkylation sites (tertiary alicyclic amines) is 1. The number of halogens is 7. The van der Waals surface area contributed by atoms with Crippen LogP contribution in [0.4, 0.5) is 35.5 Å². The molecule has 232 valence electrons. The molecule has 1 unspecified atom stereocenters. The first-order valence-electron chi connectivity index (χ1n) is 13.5. The molecule has 1 aliphatic rings. The third-order valence-electron chi connectivity index (χ3n) is 7.23. The Bertz CT molecular complexity index is 1230. The highest BCUT2D eigenvalue weighted by Gasteiger charge is 2.39. The van der Waals surface area contributed by atoms with Gasteiger partial charge >= 0.3 is 18.4 Å². The topological polar surface area (TPSA) is 58.6 Å². The molecule has 5 nitrogen and oxygen atoms in total. The lowest BCUT2D eigenvalue weighted by Gasteiger charge is -2.37. The summed E-state index contributed by atoms with van der Waals surface area (Å²) in [5, 5.41) is 2.60. The van der Waals surface area contributed by atoms with E-state index in [0.717, 1.165) is 0 Å². The number of carbonyl (C=O) groups is 2. The maximum Gasteiger partial charge on any atom is 0.416 e. The van der Waals surface area contributed by atoms with Crippen LogP contribution in [0.25, 0.3) is 0 Å². The smallest absolute Gasteiger partial charge is 0.416 e. The van der Waals surface area contributed by atoms with Crippen molar-refractivity contribution in [2.24, 2.45) is 5.92 Å². The van der Waals surface area contributed by atoms with Gasteiger partial charge in [0, 0.05) is 19.5 Å². The molecule has 2 amide bonds. The van der Waals surface area contributed by atoms with Crippen molar-refractivity contribution in [3.63, 3.8) is 0 Å². The van der Waals surface area contributed by atoms with Crippen LogP contribution in [0.15, 0.2) is 42.5 Å². The van der Waals surface area contributed by atoms with Crippen LogP contribution in [0.5, 0.6) is 0 Å². The lowest BCUT2D eigenvalue weighted by atomic mass is 9.78. The van der Waals surface area contributed by atoms with Crippen LogP contribution in [0, 0.1) is 11.7 Å². The van der Waals surface area contributed by atoms with Crippen LogP contribution in [-0.2, 0) is 27.4 Å². The Labute approximate surface area is 240 Å². The highest BCUT2D eigenvalue weighted by Crippen LogP contribution is 2.39. The molecule has 1 heterocycles. The zero-order valence-corrected chi connectivity index (χ0v) is 24.0. The van der Waals surface area contributed by atoms with Gasteiger partial charge in [0.15, 0.2) is 0 Å². The second-order valence-electron chi connectivity index (χ2n) is 12.1. The molecule has 12 heteroatoms. The first-order valence-corrected chi connectivity index (χ1v) is 13.5. The number of hydrogen-bond donors (Lipinski definition) is 1. The van der Waals surface area contributed by atoms with Crippen LogP contribution in [0.3, 0.4) is 0 Å². The van der Waals surface area contributed by atoms with Crippen LogP contribution in [0.1, 0.15) is 82.1 Å². The minimum Gasteiger partial charge on any atom is -0.444 e. The number of amides is 2. The van der Waals surface area contributed by atoms with Crippen molar-refractivity contribution in [3.8, 4) is 0 Å². The number of benzene rings is 2. The van der Waals surface area contributed by atoms with E-state index in [9.17, 15) is 40.3 Å². The van der Waals surface area contributed by atoms with Crippen molar-refractivity contribution < 1.29 is 45.1 Å². The van der Waals surface area contributed by atoms with Gasteiger partial charge in [0.05, 0.1) is 16.7 Å². The monoisotopic (exact) mass is 604 g/mol. The predicted molar refractivity (Wildman–Crippen MR) is 142 cm³/mol. The van der Waals surface area contributed by atoms with E-state index in [-0.39, 0.29) is 24.0 Å². The van der Waals surface area contributed by atoms with Gasteiger partial charge in [-0.25, -0.2) is 9.18 Å².